The molecule has 1 aromatic heterocycles. The molecule has 24 heavy (non-hydrogen) atoms. The Morgan fingerprint density at radius 3 is 2.46 bits per heavy atom. The third-order valence-electron chi connectivity index (χ3n) is 4.27. The van der Waals surface area contributed by atoms with Crippen molar-refractivity contribution in [2.75, 3.05) is 5.32 Å². The monoisotopic (exact) mass is 328 g/mol. The number of benzene rings is 1. The molecule has 4 nitrogen and oxygen atoms in total. The highest BCUT2D eigenvalue weighted by Gasteiger charge is 2.37. The number of nitrogens with zero attached hydrogens (tertiary/aromatic N) is 1. The quantitative estimate of drug-likeness (QED) is 0.802. The molecular weight excluding hydrogens is 300 g/mol. The second-order valence-electron chi connectivity index (χ2n) is 7.83. The molecule has 1 aromatic carbocycles. The fourth-order valence-electron chi connectivity index (χ4n) is 2.51. The van der Waals surface area contributed by atoms with Gasteiger partial charge in [0.1, 0.15) is 11.6 Å². The van der Waals surface area contributed by atoms with Gasteiger partial charge in [0.15, 0.2) is 0 Å². The molecule has 0 aliphatic carbocycles. The van der Waals surface area contributed by atoms with Crippen LogP contribution >= 0.6 is 0 Å². The summed E-state index contributed by atoms with van der Waals surface area (Å²) in [6, 6.07) is 9.42. The summed E-state index contributed by atoms with van der Waals surface area (Å²) < 4.78 is 5.65. The lowest BCUT2D eigenvalue weighted by atomic mass is 9.81. The minimum Gasteiger partial charge on any atom is -0.458 e. The second kappa shape index (κ2) is 6.80. The molecule has 0 aliphatic rings. The first-order chi connectivity index (χ1) is 11.1. The van der Waals surface area contributed by atoms with Crippen molar-refractivity contribution in [3.8, 4) is 0 Å². The second-order valence-corrected chi connectivity index (χ2v) is 7.83. The maximum Gasteiger partial charge on any atom is 0.329 e. The lowest BCUT2D eigenvalue weighted by Gasteiger charge is -2.35. The highest BCUT2D eigenvalue weighted by Crippen LogP contribution is 2.31. The maximum atomic E-state index is 12.8. The molecule has 130 valence electrons. The molecule has 2 rings (SSSR count). The number of hydrogen-bond donors (Lipinski definition) is 1. The summed E-state index contributed by atoms with van der Waals surface area (Å²) in [5.41, 5.74) is 0.947. The molecule has 0 bridgehead atoms. The summed E-state index contributed by atoms with van der Waals surface area (Å²) in [6.07, 6.45) is 2.61. The van der Waals surface area contributed by atoms with E-state index in [1.807, 2.05) is 51.1 Å². The van der Waals surface area contributed by atoms with Gasteiger partial charge in [-0.3, -0.25) is 4.98 Å². The van der Waals surface area contributed by atoms with E-state index in [0.717, 1.165) is 23.0 Å². The average molecular weight is 328 g/mol. The van der Waals surface area contributed by atoms with Crippen LogP contribution in [0.25, 0.3) is 10.9 Å². The van der Waals surface area contributed by atoms with Gasteiger partial charge in [-0.1, -0.05) is 39.0 Å². The molecule has 0 unspecified atom stereocenters. The summed E-state index contributed by atoms with van der Waals surface area (Å²) in [6.45, 7) is 11.9. The third kappa shape index (κ3) is 4.25. The summed E-state index contributed by atoms with van der Waals surface area (Å²) in [5.74, 6) is -0.234. The van der Waals surface area contributed by atoms with E-state index in [2.05, 4.69) is 31.1 Å². The Morgan fingerprint density at radius 1 is 1.17 bits per heavy atom. The van der Waals surface area contributed by atoms with E-state index in [-0.39, 0.29) is 11.4 Å². The first-order valence-electron chi connectivity index (χ1n) is 8.47. The number of carbonyl (C=O) groups is 1. The summed E-state index contributed by atoms with van der Waals surface area (Å²) in [7, 11) is 0. The van der Waals surface area contributed by atoms with E-state index in [1.165, 1.54) is 0 Å². The van der Waals surface area contributed by atoms with Crippen molar-refractivity contribution < 1.29 is 9.53 Å². The van der Waals surface area contributed by atoms with Gasteiger partial charge in [-0.25, -0.2) is 4.79 Å². The van der Waals surface area contributed by atoms with Gasteiger partial charge in [0.2, 0.25) is 0 Å². The molecule has 4 heteroatoms. The number of rotatable bonds is 5. The van der Waals surface area contributed by atoms with Crippen LogP contribution in [0.5, 0.6) is 0 Å². The molecule has 0 aliphatic heterocycles. The largest absolute Gasteiger partial charge is 0.458 e. The number of hydrogen-bond acceptors (Lipinski definition) is 4. The van der Waals surface area contributed by atoms with Crippen LogP contribution in [0.1, 0.15) is 48.0 Å². The molecule has 1 N–H and O–H groups in total. The molecule has 0 radical (unpaired) electrons. The summed E-state index contributed by atoms with van der Waals surface area (Å²) in [4.78, 5) is 17.3. The van der Waals surface area contributed by atoms with Crippen molar-refractivity contribution in [1.82, 2.24) is 4.98 Å². The average Bonchev–Trinajstić information content (AvgIpc) is 2.50. The van der Waals surface area contributed by atoms with E-state index in [1.54, 1.807) is 6.20 Å². The number of nitrogens with one attached hydrogen (secondary N) is 1. The highest BCUT2D eigenvalue weighted by molar-refractivity contribution is 5.92. The maximum absolute atomic E-state index is 12.8. The highest BCUT2D eigenvalue weighted by atomic mass is 16.6. The van der Waals surface area contributed by atoms with Gasteiger partial charge in [0.25, 0.3) is 0 Å². The normalized spacial score (nSPS) is 13.6. The van der Waals surface area contributed by atoms with Crippen LogP contribution in [0.3, 0.4) is 0 Å². The Bertz CT molecular complexity index is 712. The number of esters is 1. The first-order valence-corrected chi connectivity index (χ1v) is 8.47. The van der Waals surface area contributed by atoms with E-state index >= 15 is 0 Å². The Labute approximate surface area is 144 Å². The smallest absolute Gasteiger partial charge is 0.329 e. The van der Waals surface area contributed by atoms with Crippen molar-refractivity contribution in [2.45, 2.75) is 59.6 Å². The van der Waals surface area contributed by atoms with Gasteiger partial charge in [-0.15, -0.1) is 0 Å². The minimum atomic E-state index is -0.516. The number of para-hydroxylation sites is 1. The van der Waals surface area contributed by atoms with Crippen molar-refractivity contribution in [2.24, 2.45) is 5.41 Å². The zero-order valence-electron chi connectivity index (χ0n) is 15.5. The van der Waals surface area contributed by atoms with Crippen molar-refractivity contribution in [1.29, 1.82) is 0 Å². The van der Waals surface area contributed by atoms with E-state index in [4.69, 9.17) is 4.74 Å². The van der Waals surface area contributed by atoms with Gasteiger partial charge < -0.3 is 10.1 Å². The van der Waals surface area contributed by atoms with E-state index in [9.17, 15) is 4.79 Å². The Balaban J connectivity index is 2.39. The standard InChI is InChI=1S/C20H28N2O2/c1-7-20(5,6)17(18(23)24-19(2,3)4)22-15-12-8-10-14-11-9-13-21-16(14)15/h8-13,17,22H,7H2,1-6H3/t17-/m0/s1. The molecule has 1 atom stereocenters. The van der Waals surface area contributed by atoms with Crippen molar-refractivity contribution in [3.63, 3.8) is 0 Å². The van der Waals surface area contributed by atoms with Crippen LogP contribution in [-0.4, -0.2) is 22.6 Å². The Morgan fingerprint density at radius 2 is 1.83 bits per heavy atom. The van der Waals surface area contributed by atoms with Crippen molar-refractivity contribution >= 4 is 22.6 Å². The zero-order valence-corrected chi connectivity index (χ0v) is 15.5. The van der Waals surface area contributed by atoms with Crippen molar-refractivity contribution in [3.05, 3.63) is 36.5 Å². The van der Waals surface area contributed by atoms with Crippen LogP contribution < -0.4 is 5.32 Å². The molecule has 0 spiro atoms. The predicted molar refractivity (Wildman–Crippen MR) is 99.1 cm³/mol. The lowest BCUT2D eigenvalue weighted by Crippen LogP contribution is -2.46. The van der Waals surface area contributed by atoms with Gasteiger partial charge in [0, 0.05) is 11.6 Å². The van der Waals surface area contributed by atoms with Crippen LogP contribution in [-0.2, 0) is 9.53 Å². The van der Waals surface area contributed by atoms with Crippen LogP contribution in [0, 0.1) is 5.41 Å². The molecule has 0 amide bonds. The van der Waals surface area contributed by atoms with Gasteiger partial charge in [0.05, 0.1) is 11.2 Å². The SMILES string of the molecule is CCC(C)(C)[C@@H](Nc1cccc2cccnc12)C(=O)OC(C)(C)C. The number of pyridine rings is 1. The van der Waals surface area contributed by atoms with Gasteiger partial charge >= 0.3 is 5.97 Å². The van der Waals surface area contributed by atoms with Gasteiger partial charge in [-0.2, -0.15) is 0 Å². The first kappa shape index (κ1) is 18.2. The fourth-order valence-corrected chi connectivity index (χ4v) is 2.51. The third-order valence-corrected chi connectivity index (χ3v) is 4.27. The van der Waals surface area contributed by atoms with Crippen LogP contribution in [0.4, 0.5) is 5.69 Å². The number of anilines is 1. The molecular formula is C20H28N2O2. The molecule has 0 fully saturated rings. The molecule has 1 heterocycles. The van der Waals surface area contributed by atoms with E-state index in [0.29, 0.717) is 0 Å². The molecule has 0 saturated carbocycles. The lowest BCUT2D eigenvalue weighted by molar-refractivity contribution is -0.158. The molecule has 2 aromatic rings. The minimum absolute atomic E-state index is 0.234. The Hall–Kier alpha value is -2.10. The molecule has 0 saturated heterocycles. The summed E-state index contributed by atoms with van der Waals surface area (Å²) in [5, 5.41) is 4.44. The number of ether oxygens (including phenoxy) is 1. The van der Waals surface area contributed by atoms with Crippen LogP contribution in [0.2, 0.25) is 0 Å². The Kier molecular flexibility index (Phi) is 5.16. The predicted octanol–water partition coefficient (Wildman–Crippen LogP) is 4.79. The number of carbonyl (C=O) groups excluding carboxylic acids is 1. The van der Waals surface area contributed by atoms with E-state index < -0.39 is 11.6 Å². The van der Waals surface area contributed by atoms with Gasteiger partial charge in [-0.05, 0) is 44.7 Å². The number of fused-ring (bicyclic) bond motifs is 1. The zero-order chi connectivity index (χ0) is 18.0. The summed E-state index contributed by atoms with van der Waals surface area (Å²) >= 11 is 0. The number of aromatic nitrogens is 1. The van der Waals surface area contributed by atoms with Crippen LogP contribution in [0.15, 0.2) is 36.5 Å². The topological polar surface area (TPSA) is 51.2 Å². The fraction of sp³-hybridized carbons (Fsp3) is 0.500.